The van der Waals surface area contributed by atoms with Crippen LogP contribution in [0.2, 0.25) is 5.02 Å². The standard InChI is InChI=1S/C12H14ClFN2O2/c13-9-2-1-8(7-10(9)14)11(12(17)18)16-5-3-15-4-6-16/h1-2,7,11,15H,3-6H2,(H,17,18). The van der Waals surface area contributed by atoms with Gasteiger partial charge in [-0.05, 0) is 17.7 Å². The predicted octanol–water partition coefficient (Wildman–Crippen LogP) is 1.51. The fraction of sp³-hybridized carbons (Fsp3) is 0.417. The SMILES string of the molecule is O=C(O)C(c1ccc(Cl)c(F)c1)N1CCNCC1. The molecule has 1 unspecified atom stereocenters. The zero-order chi connectivity index (χ0) is 13.1. The monoisotopic (exact) mass is 272 g/mol. The fourth-order valence-corrected chi connectivity index (χ4v) is 2.25. The first-order valence-electron chi connectivity index (χ1n) is 5.72. The van der Waals surface area contributed by atoms with Crippen molar-refractivity contribution in [2.75, 3.05) is 26.2 Å². The molecule has 1 aliphatic rings. The van der Waals surface area contributed by atoms with E-state index in [1.165, 1.54) is 12.1 Å². The number of piperazine rings is 1. The van der Waals surface area contributed by atoms with Crippen molar-refractivity contribution in [2.45, 2.75) is 6.04 Å². The summed E-state index contributed by atoms with van der Waals surface area (Å²) in [7, 11) is 0. The van der Waals surface area contributed by atoms with Crippen molar-refractivity contribution in [3.8, 4) is 0 Å². The van der Waals surface area contributed by atoms with Gasteiger partial charge in [0.2, 0.25) is 0 Å². The van der Waals surface area contributed by atoms with E-state index in [1.807, 2.05) is 4.90 Å². The van der Waals surface area contributed by atoms with Crippen LogP contribution in [-0.2, 0) is 4.79 Å². The third-order valence-corrected chi connectivity index (χ3v) is 3.32. The molecule has 1 saturated heterocycles. The molecule has 6 heteroatoms. The molecule has 2 N–H and O–H groups in total. The van der Waals surface area contributed by atoms with E-state index < -0.39 is 17.8 Å². The molecule has 98 valence electrons. The number of carboxylic acid groups (broad SMARTS) is 1. The van der Waals surface area contributed by atoms with Gasteiger partial charge in [0.05, 0.1) is 5.02 Å². The summed E-state index contributed by atoms with van der Waals surface area (Å²) in [5.74, 6) is -1.56. The van der Waals surface area contributed by atoms with Gasteiger partial charge in [-0.25, -0.2) is 4.39 Å². The van der Waals surface area contributed by atoms with Gasteiger partial charge in [-0.3, -0.25) is 9.69 Å². The van der Waals surface area contributed by atoms with E-state index in [9.17, 15) is 14.3 Å². The van der Waals surface area contributed by atoms with Crippen LogP contribution in [0, 0.1) is 5.82 Å². The molecular weight excluding hydrogens is 259 g/mol. The molecule has 0 bridgehead atoms. The van der Waals surface area contributed by atoms with Crippen LogP contribution in [0.4, 0.5) is 4.39 Å². The van der Waals surface area contributed by atoms with Crippen molar-refractivity contribution < 1.29 is 14.3 Å². The number of nitrogens with zero attached hydrogens (tertiary/aromatic N) is 1. The number of carbonyl (C=O) groups is 1. The summed E-state index contributed by atoms with van der Waals surface area (Å²) in [6.45, 7) is 2.72. The summed E-state index contributed by atoms with van der Waals surface area (Å²) in [5, 5.41) is 12.5. The lowest BCUT2D eigenvalue weighted by atomic mass is 10.0. The molecule has 1 aliphatic heterocycles. The highest BCUT2D eigenvalue weighted by atomic mass is 35.5. The molecule has 0 amide bonds. The lowest BCUT2D eigenvalue weighted by Gasteiger charge is -2.32. The van der Waals surface area contributed by atoms with E-state index in [4.69, 9.17) is 11.6 Å². The largest absolute Gasteiger partial charge is 0.480 e. The summed E-state index contributed by atoms with van der Waals surface area (Å²) in [5.41, 5.74) is 0.423. The highest BCUT2D eigenvalue weighted by Gasteiger charge is 2.28. The zero-order valence-electron chi connectivity index (χ0n) is 9.70. The maximum absolute atomic E-state index is 13.4. The van der Waals surface area contributed by atoms with Crippen molar-refractivity contribution >= 4 is 17.6 Å². The van der Waals surface area contributed by atoms with E-state index in [0.717, 1.165) is 13.1 Å². The molecule has 0 saturated carbocycles. The Labute approximate surface area is 109 Å². The number of halogens is 2. The van der Waals surface area contributed by atoms with Crippen LogP contribution in [0.1, 0.15) is 11.6 Å². The van der Waals surface area contributed by atoms with Gasteiger partial charge in [-0.2, -0.15) is 0 Å². The predicted molar refractivity (Wildman–Crippen MR) is 66.2 cm³/mol. The van der Waals surface area contributed by atoms with Gasteiger partial charge in [0.25, 0.3) is 0 Å². The van der Waals surface area contributed by atoms with Crippen LogP contribution in [0.5, 0.6) is 0 Å². The van der Waals surface area contributed by atoms with Gasteiger partial charge < -0.3 is 10.4 Å². The minimum absolute atomic E-state index is 0.00296. The molecule has 0 spiro atoms. The summed E-state index contributed by atoms with van der Waals surface area (Å²) in [6.07, 6.45) is 0. The molecule has 0 radical (unpaired) electrons. The third kappa shape index (κ3) is 2.80. The molecule has 1 fully saturated rings. The summed E-state index contributed by atoms with van der Waals surface area (Å²) >= 11 is 5.60. The molecule has 0 aromatic heterocycles. The number of nitrogens with one attached hydrogen (secondary N) is 1. The average Bonchev–Trinajstić information content (AvgIpc) is 2.35. The molecule has 4 nitrogen and oxygen atoms in total. The summed E-state index contributed by atoms with van der Waals surface area (Å²) in [4.78, 5) is 13.2. The van der Waals surface area contributed by atoms with Crippen molar-refractivity contribution in [1.82, 2.24) is 10.2 Å². The highest BCUT2D eigenvalue weighted by molar-refractivity contribution is 6.30. The van der Waals surface area contributed by atoms with E-state index in [0.29, 0.717) is 18.7 Å². The Morgan fingerprint density at radius 2 is 2.11 bits per heavy atom. The van der Waals surface area contributed by atoms with Crippen molar-refractivity contribution in [3.05, 3.63) is 34.6 Å². The van der Waals surface area contributed by atoms with Gasteiger partial charge in [-0.1, -0.05) is 17.7 Å². The Hall–Kier alpha value is -1.17. The van der Waals surface area contributed by atoms with Crippen LogP contribution in [0.3, 0.4) is 0 Å². The average molecular weight is 273 g/mol. The second kappa shape index (κ2) is 5.65. The smallest absolute Gasteiger partial charge is 0.325 e. The third-order valence-electron chi connectivity index (χ3n) is 3.01. The van der Waals surface area contributed by atoms with E-state index >= 15 is 0 Å². The number of carboxylic acids is 1. The molecule has 1 aromatic carbocycles. The van der Waals surface area contributed by atoms with E-state index in [1.54, 1.807) is 6.07 Å². The van der Waals surface area contributed by atoms with Gasteiger partial charge >= 0.3 is 5.97 Å². The van der Waals surface area contributed by atoms with Gasteiger partial charge in [0.15, 0.2) is 0 Å². The Kier molecular flexibility index (Phi) is 4.16. The normalized spacial score (nSPS) is 18.6. The van der Waals surface area contributed by atoms with Gasteiger partial charge in [0, 0.05) is 26.2 Å². The van der Waals surface area contributed by atoms with Crippen LogP contribution in [-0.4, -0.2) is 42.2 Å². The summed E-state index contributed by atoms with van der Waals surface area (Å²) in [6, 6.07) is 3.33. The zero-order valence-corrected chi connectivity index (χ0v) is 10.5. The van der Waals surface area contributed by atoms with Crippen LogP contribution >= 0.6 is 11.6 Å². The summed E-state index contributed by atoms with van der Waals surface area (Å²) < 4.78 is 13.4. The minimum atomic E-state index is -0.973. The number of rotatable bonds is 3. The molecule has 0 aliphatic carbocycles. The minimum Gasteiger partial charge on any atom is -0.480 e. The van der Waals surface area contributed by atoms with Gasteiger partial charge in [0.1, 0.15) is 11.9 Å². The molecular formula is C12H14ClFN2O2. The van der Waals surface area contributed by atoms with Crippen LogP contribution < -0.4 is 5.32 Å². The van der Waals surface area contributed by atoms with Crippen molar-refractivity contribution in [2.24, 2.45) is 0 Å². The quantitative estimate of drug-likeness (QED) is 0.876. The second-order valence-corrected chi connectivity index (χ2v) is 4.61. The van der Waals surface area contributed by atoms with Crippen molar-refractivity contribution in [3.63, 3.8) is 0 Å². The maximum Gasteiger partial charge on any atom is 0.325 e. The molecule has 1 atom stereocenters. The Morgan fingerprint density at radius 3 is 2.67 bits per heavy atom. The first-order valence-corrected chi connectivity index (χ1v) is 6.10. The fourth-order valence-electron chi connectivity index (χ4n) is 2.13. The first kappa shape index (κ1) is 13.3. The molecule has 1 aromatic rings. The Balaban J connectivity index is 2.28. The van der Waals surface area contributed by atoms with Crippen molar-refractivity contribution in [1.29, 1.82) is 0 Å². The first-order chi connectivity index (χ1) is 8.59. The van der Waals surface area contributed by atoms with Crippen LogP contribution in [0.15, 0.2) is 18.2 Å². The van der Waals surface area contributed by atoms with Gasteiger partial charge in [-0.15, -0.1) is 0 Å². The number of benzene rings is 1. The number of hydrogen-bond donors (Lipinski definition) is 2. The molecule has 1 heterocycles. The topological polar surface area (TPSA) is 52.6 Å². The lowest BCUT2D eigenvalue weighted by molar-refractivity contribution is -0.143. The van der Waals surface area contributed by atoms with E-state index in [2.05, 4.69) is 5.32 Å². The Morgan fingerprint density at radius 1 is 1.44 bits per heavy atom. The number of aliphatic carboxylic acids is 1. The van der Waals surface area contributed by atoms with E-state index in [-0.39, 0.29) is 5.02 Å². The number of hydrogen-bond acceptors (Lipinski definition) is 3. The molecule has 2 rings (SSSR count). The van der Waals surface area contributed by atoms with Crippen LogP contribution in [0.25, 0.3) is 0 Å². The second-order valence-electron chi connectivity index (χ2n) is 4.20. The maximum atomic E-state index is 13.4. The lowest BCUT2D eigenvalue weighted by Crippen LogP contribution is -2.47. The Bertz CT molecular complexity index is 450. The highest BCUT2D eigenvalue weighted by Crippen LogP contribution is 2.25. The molecule has 18 heavy (non-hydrogen) atoms.